The molecule has 0 radical (unpaired) electrons. The molecule has 1 aromatic carbocycles. The molecule has 4 nitrogen and oxygen atoms in total. The molecule has 0 bridgehead atoms. The van der Waals surface area contributed by atoms with Crippen molar-refractivity contribution in [3.8, 4) is 0 Å². The molecular formula is C9H11AsN2O2. The van der Waals surface area contributed by atoms with Crippen LogP contribution < -0.4 is 15.4 Å². The molecule has 0 unspecified atom stereocenters. The van der Waals surface area contributed by atoms with Crippen molar-refractivity contribution < 1.29 is 8.53 Å². The summed E-state index contributed by atoms with van der Waals surface area (Å²) in [4.78, 5) is 10.4. The van der Waals surface area contributed by atoms with Crippen LogP contribution in [0.25, 0.3) is 0 Å². The van der Waals surface area contributed by atoms with Gasteiger partial charge in [0.15, 0.2) is 0 Å². The molecule has 0 atom stereocenters. The Balaban J connectivity index is 2.43. The van der Waals surface area contributed by atoms with E-state index in [4.69, 9.17) is 5.73 Å². The van der Waals surface area contributed by atoms with Crippen LogP contribution >= 0.6 is 0 Å². The van der Waals surface area contributed by atoms with Crippen LogP contribution in [0.15, 0.2) is 24.3 Å². The maximum absolute atomic E-state index is 10.6. The Morgan fingerprint density at radius 3 is 2.50 bits per heavy atom. The molecule has 1 aromatic rings. The number of rotatable bonds is 5. The SMILES string of the molecule is NC(=O)CNCc1ccc([As]=O)cc1. The minimum atomic E-state index is -0.943. The molecule has 0 aromatic heterocycles. The number of amides is 1. The molecule has 14 heavy (non-hydrogen) atoms. The summed E-state index contributed by atoms with van der Waals surface area (Å²) in [6.45, 7) is 0.772. The van der Waals surface area contributed by atoms with Gasteiger partial charge < -0.3 is 0 Å². The van der Waals surface area contributed by atoms with Gasteiger partial charge in [-0.2, -0.15) is 0 Å². The van der Waals surface area contributed by atoms with Crippen molar-refractivity contribution in [1.29, 1.82) is 0 Å². The third-order valence-corrected chi connectivity index (χ3v) is 2.74. The van der Waals surface area contributed by atoms with Crippen LogP contribution in [0, 0.1) is 0 Å². The first-order valence-corrected chi connectivity index (χ1v) is 5.84. The second-order valence-electron chi connectivity index (χ2n) is 2.83. The van der Waals surface area contributed by atoms with E-state index in [1.807, 2.05) is 24.3 Å². The van der Waals surface area contributed by atoms with Crippen LogP contribution in [-0.4, -0.2) is 28.1 Å². The average Bonchev–Trinajstić information content (AvgIpc) is 2.18. The van der Waals surface area contributed by atoms with Crippen molar-refractivity contribution >= 4 is 25.9 Å². The van der Waals surface area contributed by atoms with Crippen LogP contribution in [0.4, 0.5) is 0 Å². The molecule has 0 aliphatic carbocycles. The first-order chi connectivity index (χ1) is 6.72. The normalized spacial score (nSPS) is 10.3. The van der Waals surface area contributed by atoms with E-state index in [2.05, 4.69) is 5.32 Å². The molecule has 1 rings (SSSR count). The van der Waals surface area contributed by atoms with Crippen molar-refractivity contribution in [3.05, 3.63) is 29.8 Å². The third kappa shape index (κ3) is 3.81. The van der Waals surface area contributed by atoms with Gasteiger partial charge in [0.05, 0.1) is 0 Å². The minimum absolute atomic E-state index is 0.176. The van der Waals surface area contributed by atoms with E-state index in [0.29, 0.717) is 6.54 Å². The van der Waals surface area contributed by atoms with Gasteiger partial charge in [-0.15, -0.1) is 0 Å². The van der Waals surface area contributed by atoms with Gasteiger partial charge in [-0.05, 0) is 0 Å². The summed E-state index contributed by atoms with van der Waals surface area (Å²) in [5, 5.41) is 2.89. The van der Waals surface area contributed by atoms with Gasteiger partial charge in [-0.1, -0.05) is 0 Å². The molecule has 74 valence electrons. The molecule has 0 heterocycles. The van der Waals surface area contributed by atoms with E-state index in [-0.39, 0.29) is 12.5 Å². The fraction of sp³-hybridized carbons (Fsp3) is 0.222. The van der Waals surface area contributed by atoms with Gasteiger partial charge in [0.2, 0.25) is 0 Å². The molecule has 0 fully saturated rings. The summed E-state index contributed by atoms with van der Waals surface area (Å²) in [7, 11) is 0. The molecule has 0 spiro atoms. The van der Waals surface area contributed by atoms with E-state index in [0.717, 1.165) is 9.91 Å². The summed E-state index contributed by atoms with van der Waals surface area (Å²) in [6.07, 6.45) is 0. The first-order valence-electron chi connectivity index (χ1n) is 4.13. The van der Waals surface area contributed by atoms with Crippen LogP contribution in [0.2, 0.25) is 0 Å². The van der Waals surface area contributed by atoms with Crippen LogP contribution in [0.1, 0.15) is 5.56 Å². The number of hydrogen-bond donors (Lipinski definition) is 2. The van der Waals surface area contributed by atoms with Gasteiger partial charge in [-0.25, -0.2) is 0 Å². The zero-order valence-electron chi connectivity index (χ0n) is 7.56. The fourth-order valence-corrected chi connectivity index (χ4v) is 1.57. The molecule has 3 N–H and O–H groups in total. The average molecular weight is 254 g/mol. The summed E-state index contributed by atoms with van der Waals surface area (Å²) < 4.78 is 11.4. The Morgan fingerprint density at radius 1 is 1.36 bits per heavy atom. The summed E-state index contributed by atoms with van der Waals surface area (Å²) >= 11 is -0.943. The van der Waals surface area contributed by atoms with E-state index in [9.17, 15) is 8.53 Å². The van der Waals surface area contributed by atoms with E-state index in [1.54, 1.807) is 0 Å². The second-order valence-corrected chi connectivity index (χ2v) is 4.29. The molecule has 5 heteroatoms. The fourth-order valence-electron chi connectivity index (χ4n) is 1.00. The zero-order valence-corrected chi connectivity index (χ0v) is 9.44. The van der Waals surface area contributed by atoms with Crippen molar-refractivity contribution in [2.75, 3.05) is 6.54 Å². The zero-order chi connectivity index (χ0) is 10.4. The first kappa shape index (κ1) is 11.1. The predicted octanol–water partition coefficient (Wildman–Crippen LogP) is -1.06. The topological polar surface area (TPSA) is 72.2 Å². The number of primary amides is 1. The number of hydrogen-bond acceptors (Lipinski definition) is 3. The van der Waals surface area contributed by atoms with Gasteiger partial charge in [0.1, 0.15) is 0 Å². The van der Waals surface area contributed by atoms with E-state index in [1.165, 1.54) is 0 Å². The van der Waals surface area contributed by atoms with Crippen molar-refractivity contribution in [1.82, 2.24) is 5.32 Å². The Labute approximate surface area is 88.8 Å². The van der Waals surface area contributed by atoms with Crippen LogP contribution in [-0.2, 0) is 15.1 Å². The number of carbonyl (C=O) groups is 1. The van der Waals surface area contributed by atoms with Crippen molar-refractivity contribution in [3.63, 3.8) is 0 Å². The number of nitrogens with two attached hydrogens (primary N) is 1. The molecule has 1 amide bonds. The number of benzene rings is 1. The van der Waals surface area contributed by atoms with Crippen molar-refractivity contribution in [2.45, 2.75) is 6.54 Å². The van der Waals surface area contributed by atoms with Gasteiger partial charge in [-0.3, -0.25) is 0 Å². The molecule has 0 saturated carbocycles. The standard InChI is InChI=1S/C9H11AsN2O2/c11-9(13)6-12-5-7-1-3-8(10-14)4-2-7/h1-4,12H,5-6H2,(H2,11,13). The maximum atomic E-state index is 10.6. The summed E-state index contributed by atoms with van der Waals surface area (Å²) in [6, 6.07) is 7.43. The summed E-state index contributed by atoms with van der Waals surface area (Å²) in [5.41, 5.74) is 6.01. The number of nitrogens with one attached hydrogen (secondary N) is 1. The molecule has 0 aliphatic heterocycles. The Morgan fingerprint density at radius 2 is 2.00 bits per heavy atom. The van der Waals surface area contributed by atoms with Gasteiger partial charge >= 0.3 is 88.5 Å². The summed E-state index contributed by atoms with van der Waals surface area (Å²) in [5.74, 6) is -0.369. The Kier molecular flexibility index (Phi) is 4.50. The van der Waals surface area contributed by atoms with E-state index >= 15 is 0 Å². The Bertz CT molecular complexity index is 324. The van der Waals surface area contributed by atoms with Crippen molar-refractivity contribution in [2.24, 2.45) is 5.73 Å². The van der Waals surface area contributed by atoms with Gasteiger partial charge in [0.25, 0.3) is 0 Å². The molecular weight excluding hydrogens is 243 g/mol. The Hall–Kier alpha value is -0.992. The molecule has 0 saturated heterocycles. The number of carbonyl (C=O) groups excluding carboxylic acids is 1. The van der Waals surface area contributed by atoms with Gasteiger partial charge in [0, 0.05) is 0 Å². The quantitative estimate of drug-likeness (QED) is 0.658. The molecule has 0 aliphatic rings. The second kappa shape index (κ2) is 5.68. The van der Waals surface area contributed by atoms with E-state index < -0.39 is 15.7 Å². The van der Waals surface area contributed by atoms with Crippen LogP contribution in [0.3, 0.4) is 0 Å². The predicted molar refractivity (Wildman–Crippen MR) is 53.4 cm³/mol. The van der Waals surface area contributed by atoms with Crippen LogP contribution in [0.5, 0.6) is 0 Å². The third-order valence-electron chi connectivity index (χ3n) is 1.67. The monoisotopic (exact) mass is 254 g/mol.